The molecule has 0 saturated carbocycles. The van der Waals surface area contributed by atoms with Crippen LogP contribution in [0.3, 0.4) is 0 Å². The van der Waals surface area contributed by atoms with E-state index in [-0.39, 0.29) is 10.8 Å². The minimum absolute atomic E-state index is 0.0883. The number of benzene rings is 2. The first-order valence-corrected chi connectivity index (χ1v) is 9.34. The van der Waals surface area contributed by atoms with Crippen LogP contribution < -0.4 is 15.8 Å². The highest BCUT2D eigenvalue weighted by Gasteiger charge is 2.20. The Morgan fingerprint density at radius 3 is 2.24 bits per heavy atom. The van der Waals surface area contributed by atoms with Gasteiger partial charge in [-0.1, -0.05) is 18.2 Å². The number of rotatable bonds is 6. The summed E-state index contributed by atoms with van der Waals surface area (Å²) in [7, 11) is -3.72. The van der Waals surface area contributed by atoms with Crippen LogP contribution in [0.2, 0.25) is 0 Å². The van der Waals surface area contributed by atoms with Gasteiger partial charge in [-0.15, -0.1) is 0 Å². The molecule has 0 aliphatic rings. The quantitative estimate of drug-likeness (QED) is 0.734. The van der Waals surface area contributed by atoms with Crippen LogP contribution in [0.25, 0.3) is 0 Å². The van der Waals surface area contributed by atoms with Crippen LogP contribution in [0.15, 0.2) is 53.4 Å². The van der Waals surface area contributed by atoms with E-state index in [1.54, 1.807) is 12.1 Å². The number of hydrogen-bond acceptors (Lipinski definition) is 4. The van der Waals surface area contributed by atoms with E-state index in [0.29, 0.717) is 17.8 Å². The van der Waals surface area contributed by atoms with E-state index < -0.39 is 15.6 Å². The molecule has 2 aromatic carbocycles. The van der Waals surface area contributed by atoms with Gasteiger partial charge in [-0.25, -0.2) is 8.42 Å². The summed E-state index contributed by atoms with van der Waals surface area (Å²) in [5.41, 5.74) is 6.78. The van der Waals surface area contributed by atoms with Gasteiger partial charge in [0.2, 0.25) is 0 Å². The normalized spacial score (nSPS) is 11.8. The third-order valence-corrected chi connectivity index (χ3v) is 5.16. The highest BCUT2D eigenvalue weighted by molar-refractivity contribution is 7.92. The number of carbonyl (C=O) groups is 1. The lowest BCUT2D eigenvalue weighted by Gasteiger charge is -2.24. The Bertz CT molecular complexity index is 859. The fraction of sp³-hybridized carbons (Fsp3) is 0.278. The second kappa shape index (κ2) is 7.25. The predicted octanol–water partition coefficient (Wildman–Crippen LogP) is 2.26. The molecule has 0 aliphatic carbocycles. The maximum Gasteiger partial charge on any atom is 0.261 e. The molecule has 134 valence electrons. The molecule has 4 N–H and O–H groups in total. The molecule has 0 fully saturated rings. The van der Waals surface area contributed by atoms with E-state index in [9.17, 15) is 13.2 Å². The average molecular weight is 361 g/mol. The van der Waals surface area contributed by atoms with Crippen molar-refractivity contribution in [3.63, 3.8) is 0 Å². The molecule has 0 radical (unpaired) electrons. The van der Waals surface area contributed by atoms with E-state index >= 15 is 0 Å². The van der Waals surface area contributed by atoms with Crippen LogP contribution in [-0.2, 0) is 10.0 Å². The Morgan fingerprint density at radius 1 is 1.08 bits per heavy atom. The number of sulfonamides is 1. The molecule has 2 aromatic rings. The smallest absolute Gasteiger partial charge is 0.261 e. The molecule has 0 aromatic heterocycles. The van der Waals surface area contributed by atoms with E-state index in [0.717, 1.165) is 5.56 Å². The average Bonchev–Trinajstić information content (AvgIpc) is 2.56. The molecule has 25 heavy (non-hydrogen) atoms. The van der Waals surface area contributed by atoms with Gasteiger partial charge < -0.3 is 11.1 Å². The molecule has 7 heteroatoms. The SMILES string of the molecule is Cc1ccccc1NS(=O)(=O)c1ccc(C(=O)NC(C)(C)CN)cc1. The van der Waals surface area contributed by atoms with E-state index in [2.05, 4.69) is 10.0 Å². The van der Waals surface area contributed by atoms with Crippen LogP contribution in [0.4, 0.5) is 5.69 Å². The topological polar surface area (TPSA) is 101 Å². The Kier molecular flexibility index (Phi) is 5.49. The van der Waals surface area contributed by atoms with Crippen LogP contribution >= 0.6 is 0 Å². The van der Waals surface area contributed by atoms with Crippen molar-refractivity contribution in [3.05, 3.63) is 59.7 Å². The maximum atomic E-state index is 12.5. The summed E-state index contributed by atoms with van der Waals surface area (Å²) < 4.78 is 27.5. The number of amides is 1. The van der Waals surface area contributed by atoms with Gasteiger partial charge in [-0.05, 0) is 56.7 Å². The van der Waals surface area contributed by atoms with Crippen molar-refractivity contribution in [1.82, 2.24) is 5.32 Å². The van der Waals surface area contributed by atoms with Crippen molar-refractivity contribution in [2.24, 2.45) is 5.73 Å². The molecule has 0 spiro atoms. The Hall–Kier alpha value is -2.38. The molecule has 0 aliphatic heterocycles. The number of nitrogens with one attached hydrogen (secondary N) is 2. The molecule has 0 saturated heterocycles. The maximum absolute atomic E-state index is 12.5. The summed E-state index contributed by atoms with van der Waals surface area (Å²) in [6, 6.07) is 12.9. The van der Waals surface area contributed by atoms with Crippen molar-refractivity contribution in [2.75, 3.05) is 11.3 Å². The molecule has 2 rings (SSSR count). The molecular weight excluding hydrogens is 338 g/mol. The van der Waals surface area contributed by atoms with Gasteiger partial charge in [0.1, 0.15) is 0 Å². The van der Waals surface area contributed by atoms with Gasteiger partial charge in [-0.3, -0.25) is 9.52 Å². The van der Waals surface area contributed by atoms with Gasteiger partial charge in [-0.2, -0.15) is 0 Å². The Balaban J connectivity index is 2.19. The molecule has 0 bridgehead atoms. The van der Waals surface area contributed by atoms with Gasteiger partial charge in [0.05, 0.1) is 10.6 Å². The van der Waals surface area contributed by atoms with Gasteiger partial charge in [0.15, 0.2) is 0 Å². The van der Waals surface area contributed by atoms with Crippen LogP contribution in [-0.4, -0.2) is 26.4 Å². The van der Waals surface area contributed by atoms with E-state index in [1.165, 1.54) is 24.3 Å². The zero-order valence-electron chi connectivity index (χ0n) is 14.5. The summed E-state index contributed by atoms with van der Waals surface area (Å²) >= 11 is 0. The van der Waals surface area contributed by atoms with Crippen molar-refractivity contribution in [2.45, 2.75) is 31.2 Å². The first kappa shape index (κ1) is 19.0. The summed E-state index contributed by atoms with van der Waals surface area (Å²) in [6.07, 6.45) is 0. The van der Waals surface area contributed by atoms with Crippen molar-refractivity contribution in [3.8, 4) is 0 Å². The van der Waals surface area contributed by atoms with Gasteiger partial charge in [0, 0.05) is 17.6 Å². The van der Waals surface area contributed by atoms with Gasteiger partial charge >= 0.3 is 0 Å². The van der Waals surface area contributed by atoms with Gasteiger partial charge in [0.25, 0.3) is 15.9 Å². The molecule has 0 heterocycles. The third-order valence-electron chi connectivity index (χ3n) is 3.78. The van der Waals surface area contributed by atoms with E-state index in [4.69, 9.17) is 5.73 Å². The zero-order valence-corrected chi connectivity index (χ0v) is 15.4. The fourth-order valence-electron chi connectivity index (χ4n) is 2.11. The van der Waals surface area contributed by atoms with Crippen LogP contribution in [0.1, 0.15) is 29.8 Å². The van der Waals surface area contributed by atoms with Crippen molar-refractivity contribution >= 4 is 21.6 Å². The highest BCUT2D eigenvalue weighted by atomic mass is 32.2. The fourth-order valence-corrected chi connectivity index (χ4v) is 3.24. The third kappa shape index (κ3) is 4.80. The second-order valence-corrected chi connectivity index (χ2v) is 8.17. The first-order chi connectivity index (χ1) is 11.6. The molecular formula is C18H23N3O3S. The van der Waals surface area contributed by atoms with Crippen LogP contribution in [0, 0.1) is 6.92 Å². The van der Waals surface area contributed by atoms with E-state index in [1.807, 2.05) is 32.9 Å². The lowest BCUT2D eigenvalue weighted by atomic mass is 10.1. The monoisotopic (exact) mass is 361 g/mol. The summed E-state index contributed by atoms with van der Waals surface area (Å²) in [4.78, 5) is 12.3. The largest absolute Gasteiger partial charge is 0.346 e. The Morgan fingerprint density at radius 2 is 1.68 bits per heavy atom. The number of para-hydroxylation sites is 1. The van der Waals surface area contributed by atoms with Crippen molar-refractivity contribution in [1.29, 1.82) is 0 Å². The number of hydrogen-bond donors (Lipinski definition) is 3. The molecule has 0 unspecified atom stereocenters. The number of carbonyl (C=O) groups excluding carboxylic acids is 1. The second-order valence-electron chi connectivity index (χ2n) is 6.49. The zero-order chi connectivity index (χ0) is 18.7. The minimum Gasteiger partial charge on any atom is -0.346 e. The predicted molar refractivity (Wildman–Crippen MR) is 99.0 cm³/mol. The summed E-state index contributed by atoms with van der Waals surface area (Å²) in [6.45, 7) is 5.75. The van der Waals surface area contributed by atoms with Crippen molar-refractivity contribution < 1.29 is 13.2 Å². The standard InChI is InChI=1S/C18H23N3O3S/c1-13-6-4-5-7-16(13)21-25(23,24)15-10-8-14(9-11-15)17(22)20-18(2,3)12-19/h4-11,21H,12,19H2,1-3H3,(H,20,22). The lowest BCUT2D eigenvalue weighted by Crippen LogP contribution is -2.48. The number of aryl methyl sites for hydroxylation is 1. The molecule has 1 amide bonds. The highest BCUT2D eigenvalue weighted by Crippen LogP contribution is 2.19. The molecule has 0 atom stereocenters. The first-order valence-electron chi connectivity index (χ1n) is 7.86. The minimum atomic E-state index is -3.72. The van der Waals surface area contributed by atoms with Crippen LogP contribution in [0.5, 0.6) is 0 Å². The summed E-state index contributed by atoms with van der Waals surface area (Å²) in [5, 5.41) is 2.80. The lowest BCUT2D eigenvalue weighted by molar-refractivity contribution is 0.0915. The number of anilines is 1. The number of nitrogens with two attached hydrogens (primary N) is 1. The summed E-state index contributed by atoms with van der Waals surface area (Å²) in [5.74, 6) is -0.300. The Labute approximate surface area is 148 Å². The molecule has 6 nitrogen and oxygen atoms in total.